The Kier molecular flexibility index (Phi) is 6.38. The molecular formula is C23H18N4O4S2. The van der Waals surface area contributed by atoms with Crippen molar-refractivity contribution >= 4 is 57.3 Å². The number of ether oxygens (including phenoxy) is 1. The molecule has 0 bridgehead atoms. The van der Waals surface area contributed by atoms with Crippen LogP contribution in [-0.2, 0) is 4.79 Å². The maximum atomic E-state index is 13.0. The highest BCUT2D eigenvalue weighted by atomic mass is 32.2. The van der Waals surface area contributed by atoms with Gasteiger partial charge in [0.2, 0.25) is 5.88 Å². The van der Waals surface area contributed by atoms with E-state index in [0.717, 1.165) is 23.1 Å². The summed E-state index contributed by atoms with van der Waals surface area (Å²) in [6.45, 7) is 0. The van der Waals surface area contributed by atoms with Gasteiger partial charge in [0, 0.05) is 31.9 Å². The molecule has 0 saturated carbocycles. The fourth-order valence-electron chi connectivity index (χ4n) is 3.04. The monoisotopic (exact) mass is 478 g/mol. The van der Waals surface area contributed by atoms with Gasteiger partial charge in [0.15, 0.2) is 4.32 Å². The third kappa shape index (κ3) is 5.02. The van der Waals surface area contributed by atoms with Crippen LogP contribution >= 0.6 is 24.0 Å². The van der Waals surface area contributed by atoms with Crippen LogP contribution in [0.3, 0.4) is 0 Å². The van der Waals surface area contributed by atoms with Crippen LogP contribution in [0.25, 0.3) is 6.08 Å². The van der Waals surface area contributed by atoms with Crippen molar-refractivity contribution < 1.29 is 14.5 Å². The first-order valence-corrected chi connectivity index (χ1v) is 11.0. The average molecular weight is 479 g/mol. The molecule has 3 aromatic rings. The number of nitrogens with zero attached hydrogens (tertiary/aromatic N) is 4. The number of hydrogen-bond acceptors (Lipinski definition) is 8. The van der Waals surface area contributed by atoms with Crippen molar-refractivity contribution in [3.8, 4) is 11.6 Å². The number of amides is 1. The van der Waals surface area contributed by atoms with Crippen LogP contribution in [-0.4, -0.2) is 34.2 Å². The van der Waals surface area contributed by atoms with Crippen LogP contribution in [0, 0.1) is 10.1 Å². The Morgan fingerprint density at radius 2 is 1.79 bits per heavy atom. The third-order valence-electron chi connectivity index (χ3n) is 4.75. The Morgan fingerprint density at radius 1 is 1.09 bits per heavy atom. The maximum absolute atomic E-state index is 13.0. The molecule has 1 amide bonds. The summed E-state index contributed by atoms with van der Waals surface area (Å²) >= 11 is 6.70. The lowest BCUT2D eigenvalue weighted by molar-refractivity contribution is -0.385. The number of hydrogen-bond donors (Lipinski definition) is 0. The van der Waals surface area contributed by atoms with E-state index in [1.165, 1.54) is 28.8 Å². The summed E-state index contributed by atoms with van der Waals surface area (Å²) in [5, 5.41) is 10.7. The number of anilines is 2. The van der Waals surface area contributed by atoms with E-state index in [9.17, 15) is 14.9 Å². The lowest BCUT2D eigenvalue weighted by Gasteiger charge is -2.17. The molecule has 0 spiro atoms. The Balaban J connectivity index is 1.47. The van der Waals surface area contributed by atoms with E-state index >= 15 is 0 Å². The normalized spacial score (nSPS) is 14.6. The first kappa shape index (κ1) is 22.4. The number of rotatable bonds is 6. The number of carbonyl (C=O) groups is 1. The largest absolute Gasteiger partial charge is 0.439 e. The molecule has 1 aliphatic rings. The summed E-state index contributed by atoms with van der Waals surface area (Å²) in [4.78, 5) is 31.1. The number of benzene rings is 2. The highest BCUT2D eigenvalue weighted by Gasteiger charge is 2.33. The van der Waals surface area contributed by atoms with Gasteiger partial charge in [-0.05, 0) is 48.0 Å². The minimum atomic E-state index is -0.521. The second kappa shape index (κ2) is 9.39. The Hall–Kier alpha value is -3.76. The zero-order valence-corrected chi connectivity index (χ0v) is 19.3. The topological polar surface area (TPSA) is 88.8 Å². The molecule has 166 valence electrons. The summed E-state index contributed by atoms with van der Waals surface area (Å²) in [6.07, 6.45) is 2.92. The quantitative estimate of drug-likeness (QED) is 0.205. The van der Waals surface area contributed by atoms with Crippen molar-refractivity contribution in [1.29, 1.82) is 0 Å². The average Bonchev–Trinajstić information content (AvgIpc) is 3.08. The van der Waals surface area contributed by atoms with E-state index < -0.39 is 4.92 Å². The minimum absolute atomic E-state index is 0.108. The first-order chi connectivity index (χ1) is 15.8. The van der Waals surface area contributed by atoms with Gasteiger partial charge in [-0.15, -0.1) is 0 Å². The van der Waals surface area contributed by atoms with E-state index in [0.29, 0.717) is 15.0 Å². The van der Waals surface area contributed by atoms with Gasteiger partial charge < -0.3 is 9.64 Å². The van der Waals surface area contributed by atoms with Crippen LogP contribution in [0.5, 0.6) is 11.6 Å². The fourth-order valence-corrected chi connectivity index (χ4v) is 4.33. The lowest BCUT2D eigenvalue weighted by atomic mass is 10.2. The molecule has 0 unspecified atom stereocenters. The van der Waals surface area contributed by atoms with Gasteiger partial charge in [-0.3, -0.25) is 19.8 Å². The van der Waals surface area contributed by atoms with E-state index in [-0.39, 0.29) is 17.5 Å². The van der Waals surface area contributed by atoms with Crippen LogP contribution < -0.4 is 14.5 Å². The van der Waals surface area contributed by atoms with Gasteiger partial charge in [0.1, 0.15) is 11.9 Å². The van der Waals surface area contributed by atoms with Crippen LogP contribution in [0.1, 0.15) is 5.56 Å². The molecule has 2 aromatic carbocycles. The highest BCUT2D eigenvalue weighted by molar-refractivity contribution is 8.27. The van der Waals surface area contributed by atoms with Crippen molar-refractivity contribution in [2.45, 2.75) is 0 Å². The zero-order valence-electron chi connectivity index (χ0n) is 17.7. The van der Waals surface area contributed by atoms with Gasteiger partial charge >= 0.3 is 0 Å². The van der Waals surface area contributed by atoms with E-state index in [4.69, 9.17) is 17.0 Å². The first-order valence-electron chi connectivity index (χ1n) is 9.75. The van der Waals surface area contributed by atoms with Crippen molar-refractivity contribution in [2.75, 3.05) is 23.9 Å². The summed E-state index contributed by atoms with van der Waals surface area (Å²) in [5.41, 5.74) is 2.46. The Morgan fingerprint density at radius 3 is 2.36 bits per heavy atom. The number of thiocarbonyl (C=S) groups is 1. The second-order valence-electron chi connectivity index (χ2n) is 7.21. The number of carbonyl (C=O) groups excluding carboxylic acids is 1. The molecule has 1 aromatic heterocycles. The number of pyridine rings is 1. The number of thioether (sulfide) groups is 1. The third-order valence-corrected chi connectivity index (χ3v) is 6.05. The van der Waals surface area contributed by atoms with Crippen molar-refractivity contribution in [3.63, 3.8) is 0 Å². The Labute approximate surface area is 199 Å². The molecule has 0 atom stereocenters. The van der Waals surface area contributed by atoms with E-state index in [1.807, 2.05) is 43.3 Å². The highest BCUT2D eigenvalue weighted by Crippen LogP contribution is 2.36. The SMILES string of the molecule is CN(C)c1ccc(N2C(=O)/C(=C/c3ccc(Oc4ccc([N+](=O)[O-])cn4)cc3)SC2=S)cc1. The lowest BCUT2D eigenvalue weighted by Crippen LogP contribution is -2.27. The smallest absolute Gasteiger partial charge is 0.287 e. The molecule has 2 heterocycles. The van der Waals surface area contributed by atoms with Crippen LogP contribution in [0.4, 0.5) is 17.1 Å². The van der Waals surface area contributed by atoms with Crippen molar-refractivity contribution in [3.05, 3.63) is 87.4 Å². The number of nitro groups is 1. The van der Waals surface area contributed by atoms with Gasteiger partial charge in [-0.2, -0.15) is 0 Å². The molecule has 1 saturated heterocycles. The summed E-state index contributed by atoms with van der Waals surface area (Å²) < 4.78 is 6.10. The second-order valence-corrected chi connectivity index (χ2v) is 8.89. The molecule has 0 radical (unpaired) electrons. The minimum Gasteiger partial charge on any atom is -0.439 e. The van der Waals surface area contributed by atoms with Crippen molar-refractivity contribution in [1.82, 2.24) is 4.98 Å². The molecule has 10 heteroatoms. The summed E-state index contributed by atoms with van der Waals surface area (Å²) in [6, 6.07) is 17.5. The predicted molar refractivity (Wildman–Crippen MR) is 134 cm³/mol. The summed E-state index contributed by atoms with van der Waals surface area (Å²) in [5.74, 6) is 0.592. The summed E-state index contributed by atoms with van der Waals surface area (Å²) in [7, 11) is 3.91. The van der Waals surface area contributed by atoms with Gasteiger partial charge in [-0.25, -0.2) is 4.98 Å². The molecule has 0 aliphatic carbocycles. The maximum Gasteiger partial charge on any atom is 0.287 e. The van der Waals surface area contributed by atoms with Gasteiger partial charge in [-0.1, -0.05) is 36.1 Å². The number of aromatic nitrogens is 1. The molecule has 1 aliphatic heterocycles. The van der Waals surface area contributed by atoms with Crippen molar-refractivity contribution in [2.24, 2.45) is 0 Å². The zero-order chi connectivity index (χ0) is 23.5. The molecule has 4 rings (SSSR count). The molecule has 8 nitrogen and oxygen atoms in total. The van der Waals surface area contributed by atoms with Gasteiger partial charge in [0.25, 0.3) is 11.6 Å². The predicted octanol–water partition coefficient (Wildman–Crippen LogP) is 5.25. The van der Waals surface area contributed by atoms with E-state index in [1.54, 1.807) is 30.3 Å². The van der Waals surface area contributed by atoms with Gasteiger partial charge in [0.05, 0.1) is 15.5 Å². The molecule has 0 N–H and O–H groups in total. The standard InChI is InChI=1S/C23H18N4O4S2/c1-25(2)16-5-7-17(8-6-16)26-22(28)20(33-23(26)32)13-15-3-10-19(11-4-15)31-21-12-9-18(14-24-21)27(29)30/h3-14H,1-2H3/b20-13-. The fraction of sp³-hybridized carbons (Fsp3) is 0.0870. The van der Waals surface area contributed by atoms with Crippen LogP contribution in [0.15, 0.2) is 71.8 Å². The molecule has 1 fully saturated rings. The van der Waals surface area contributed by atoms with E-state index in [2.05, 4.69) is 4.98 Å². The Bertz CT molecular complexity index is 1240. The van der Waals surface area contributed by atoms with Crippen LogP contribution in [0.2, 0.25) is 0 Å². The molecule has 33 heavy (non-hydrogen) atoms. The molecular weight excluding hydrogens is 460 g/mol.